The van der Waals surface area contributed by atoms with Crippen molar-refractivity contribution in [3.8, 4) is 11.5 Å². The number of aliphatic imine (C=N–C) groups is 2. The van der Waals surface area contributed by atoms with Crippen molar-refractivity contribution in [1.82, 2.24) is 0 Å². The standard InChI is InChI=1S/C30H42N2O2.2C2H4O2.2Co/c1-19-13-21(27(33)23(15-19)29(3,4)5)17-31-25-11-9-10-12-26(25)32-18-22-14-20(2)16-24(28(22)34)30(6,7)8;2*1-2(3)4;;/h13-18,25-26,33-34H,9-12H2,1-8H3;2*1H3,(H,3,4);;/q;;;2*+3. The monoisotopic (exact) mass is 700 g/mol. The van der Waals surface area contributed by atoms with E-state index >= 15 is 0 Å². The maximum Gasteiger partial charge on any atom is 3.00 e. The summed E-state index contributed by atoms with van der Waals surface area (Å²) in [4.78, 5) is 27.8. The minimum absolute atomic E-state index is 0. The van der Waals surface area contributed by atoms with Crippen molar-refractivity contribution in [2.75, 3.05) is 0 Å². The van der Waals surface area contributed by atoms with Crippen LogP contribution in [0.5, 0.6) is 11.5 Å². The SMILES string of the molecule is CC(=O)O.CC(=O)O.Cc1cc(C=NC2CCCCC2N=Cc2cc(C)cc(C(C)(C)C)c2O)c(O)c(C(C)(C)C)c1.[Co+3].[Co+3]. The van der Waals surface area contributed by atoms with Gasteiger partial charge in [-0.2, -0.15) is 0 Å². The minimum atomic E-state index is -0.833. The number of rotatable bonds is 4. The van der Waals surface area contributed by atoms with Crippen LogP contribution in [-0.2, 0) is 54.0 Å². The van der Waals surface area contributed by atoms with Crippen LogP contribution in [0.2, 0.25) is 0 Å². The number of carboxylic acid groups (broad SMARTS) is 2. The molecule has 0 aliphatic heterocycles. The molecule has 0 radical (unpaired) electrons. The number of phenols is 2. The molecule has 0 bridgehead atoms. The van der Waals surface area contributed by atoms with E-state index in [0.29, 0.717) is 11.5 Å². The van der Waals surface area contributed by atoms with Gasteiger partial charge in [-0.25, -0.2) is 0 Å². The van der Waals surface area contributed by atoms with Gasteiger partial charge in [-0.15, -0.1) is 0 Å². The zero-order valence-corrected chi connectivity index (χ0v) is 29.7. The maximum atomic E-state index is 10.9. The summed E-state index contributed by atoms with van der Waals surface area (Å²) in [5.74, 6) is -1.03. The molecule has 244 valence electrons. The van der Waals surface area contributed by atoms with E-state index in [0.717, 1.165) is 72.9 Å². The topological polar surface area (TPSA) is 140 Å². The molecule has 1 saturated carbocycles. The van der Waals surface area contributed by atoms with Gasteiger partial charge in [0, 0.05) is 48.5 Å². The predicted molar refractivity (Wildman–Crippen MR) is 171 cm³/mol. The number of aryl methyl sites for hydroxylation is 2. The van der Waals surface area contributed by atoms with Crippen LogP contribution in [0.25, 0.3) is 0 Å². The van der Waals surface area contributed by atoms with Gasteiger partial charge in [-0.05, 0) is 60.8 Å². The summed E-state index contributed by atoms with van der Waals surface area (Å²) in [7, 11) is 0. The zero-order valence-electron chi connectivity index (χ0n) is 27.6. The van der Waals surface area contributed by atoms with Gasteiger partial charge in [0.2, 0.25) is 0 Å². The molecule has 1 aliphatic rings. The average molecular weight is 701 g/mol. The van der Waals surface area contributed by atoms with Crippen molar-refractivity contribution >= 4 is 24.4 Å². The van der Waals surface area contributed by atoms with Crippen molar-refractivity contribution in [2.45, 2.75) is 118 Å². The summed E-state index contributed by atoms with van der Waals surface area (Å²) in [6.07, 6.45) is 7.88. The summed E-state index contributed by atoms with van der Waals surface area (Å²) in [6, 6.07) is 8.23. The number of benzene rings is 2. The molecule has 1 fully saturated rings. The average Bonchev–Trinajstić information content (AvgIpc) is 2.83. The fourth-order valence-electron chi connectivity index (χ4n) is 4.75. The molecule has 44 heavy (non-hydrogen) atoms. The molecule has 10 heteroatoms. The van der Waals surface area contributed by atoms with Gasteiger partial charge in [0.25, 0.3) is 11.9 Å². The Labute approximate surface area is 283 Å². The van der Waals surface area contributed by atoms with Gasteiger partial charge in [-0.3, -0.25) is 19.6 Å². The molecule has 3 rings (SSSR count). The van der Waals surface area contributed by atoms with E-state index in [1.54, 1.807) is 0 Å². The predicted octanol–water partition coefficient (Wildman–Crippen LogP) is 7.34. The Morgan fingerprint density at radius 1 is 0.682 bits per heavy atom. The first-order valence-electron chi connectivity index (χ1n) is 14.4. The Bertz CT molecular complexity index is 1190. The second-order valence-electron chi connectivity index (χ2n) is 13.0. The minimum Gasteiger partial charge on any atom is -0.507 e. The number of carboxylic acids is 2. The molecule has 0 amide bonds. The van der Waals surface area contributed by atoms with E-state index in [2.05, 4.69) is 67.5 Å². The molecule has 2 aromatic rings. The van der Waals surface area contributed by atoms with Crippen molar-refractivity contribution in [1.29, 1.82) is 0 Å². The van der Waals surface area contributed by atoms with Crippen molar-refractivity contribution in [3.63, 3.8) is 0 Å². The van der Waals surface area contributed by atoms with E-state index < -0.39 is 11.9 Å². The number of aliphatic carboxylic acids is 2. The maximum absolute atomic E-state index is 10.9. The number of hydrogen-bond acceptors (Lipinski definition) is 6. The second-order valence-corrected chi connectivity index (χ2v) is 13.0. The van der Waals surface area contributed by atoms with Gasteiger partial charge in [0.1, 0.15) is 11.5 Å². The van der Waals surface area contributed by atoms with Crippen molar-refractivity contribution in [3.05, 3.63) is 57.6 Å². The van der Waals surface area contributed by atoms with Crippen LogP contribution < -0.4 is 0 Å². The Kier molecular flexibility index (Phi) is 18.8. The second kappa shape index (κ2) is 19.0. The molecule has 8 nitrogen and oxygen atoms in total. The van der Waals surface area contributed by atoms with Crippen LogP contribution >= 0.6 is 0 Å². The fraction of sp³-hybridized carbons (Fsp3) is 0.529. The summed E-state index contributed by atoms with van der Waals surface area (Å²) >= 11 is 0. The normalized spacial score (nSPS) is 16.5. The van der Waals surface area contributed by atoms with E-state index in [1.165, 1.54) is 0 Å². The zero-order chi connectivity index (χ0) is 32.4. The van der Waals surface area contributed by atoms with Gasteiger partial charge < -0.3 is 20.4 Å². The molecule has 0 saturated heterocycles. The van der Waals surface area contributed by atoms with Crippen LogP contribution in [0.15, 0.2) is 34.3 Å². The quantitative estimate of drug-likeness (QED) is 0.246. The first kappa shape index (κ1) is 43.5. The molecular weight excluding hydrogens is 650 g/mol. The molecule has 2 unspecified atom stereocenters. The number of carbonyl (C=O) groups is 2. The van der Waals surface area contributed by atoms with Crippen LogP contribution in [0.4, 0.5) is 0 Å². The number of nitrogens with zero attached hydrogens (tertiary/aromatic N) is 2. The van der Waals surface area contributed by atoms with Crippen LogP contribution in [0.1, 0.15) is 114 Å². The smallest absolute Gasteiger partial charge is 0.507 e. The van der Waals surface area contributed by atoms with Gasteiger partial charge >= 0.3 is 33.6 Å². The third kappa shape index (κ3) is 14.9. The van der Waals surface area contributed by atoms with Crippen LogP contribution in [-0.4, -0.2) is 56.9 Å². The number of hydrogen-bond donors (Lipinski definition) is 4. The Morgan fingerprint density at radius 3 is 1.20 bits per heavy atom. The third-order valence-corrected chi connectivity index (χ3v) is 6.69. The number of aromatic hydroxyl groups is 2. The van der Waals surface area contributed by atoms with E-state index in [9.17, 15) is 10.2 Å². The summed E-state index contributed by atoms with van der Waals surface area (Å²) in [5.41, 5.74) is 5.37. The summed E-state index contributed by atoms with van der Waals surface area (Å²) < 4.78 is 0. The Balaban J connectivity index is 0. The molecule has 0 aromatic heterocycles. The molecule has 0 spiro atoms. The largest absolute Gasteiger partial charge is 3.00 e. The van der Waals surface area contributed by atoms with Crippen LogP contribution in [0.3, 0.4) is 0 Å². The van der Waals surface area contributed by atoms with Crippen molar-refractivity contribution < 1.29 is 63.6 Å². The molecule has 4 N–H and O–H groups in total. The molecule has 2 aromatic carbocycles. The molecular formula is C34H50Co2N2O6+6. The fourth-order valence-corrected chi connectivity index (χ4v) is 4.75. The number of phenolic OH excluding ortho intramolecular Hbond substituents is 2. The Morgan fingerprint density at radius 2 is 0.955 bits per heavy atom. The summed E-state index contributed by atoms with van der Waals surface area (Å²) in [5, 5.41) is 36.6. The van der Waals surface area contributed by atoms with Crippen LogP contribution in [0, 0.1) is 13.8 Å². The molecule has 0 heterocycles. The first-order valence-corrected chi connectivity index (χ1v) is 14.4. The van der Waals surface area contributed by atoms with E-state index in [-0.39, 0.29) is 56.5 Å². The van der Waals surface area contributed by atoms with E-state index in [4.69, 9.17) is 29.8 Å². The first-order chi connectivity index (χ1) is 19.2. The van der Waals surface area contributed by atoms with Gasteiger partial charge in [0.05, 0.1) is 12.1 Å². The molecule has 2 atom stereocenters. The third-order valence-electron chi connectivity index (χ3n) is 6.69. The van der Waals surface area contributed by atoms with Crippen molar-refractivity contribution in [2.24, 2.45) is 9.98 Å². The van der Waals surface area contributed by atoms with Gasteiger partial charge in [-0.1, -0.05) is 66.5 Å². The summed E-state index contributed by atoms with van der Waals surface area (Å²) in [6.45, 7) is 18.9. The molecule has 1 aliphatic carbocycles. The van der Waals surface area contributed by atoms with Gasteiger partial charge in [0.15, 0.2) is 0 Å². The van der Waals surface area contributed by atoms with E-state index in [1.807, 2.05) is 24.6 Å². The Hall–Kier alpha value is -2.67.